The van der Waals surface area contributed by atoms with Crippen molar-refractivity contribution < 1.29 is 10.2 Å². The number of thiophene rings is 2. The second-order valence-corrected chi connectivity index (χ2v) is 8.66. The quantitative estimate of drug-likeness (QED) is 0.302. The minimum Gasteiger partial charge on any atom is -0.508 e. The van der Waals surface area contributed by atoms with Gasteiger partial charge in [0.25, 0.3) is 0 Å². The Balaban J connectivity index is 1.86. The summed E-state index contributed by atoms with van der Waals surface area (Å²) in [5.41, 5.74) is 0. The average Bonchev–Trinajstić information content (AvgIpc) is 3.17. The lowest BCUT2D eigenvalue weighted by atomic mass is 10.0. The van der Waals surface area contributed by atoms with Gasteiger partial charge in [-0.2, -0.15) is 0 Å². The van der Waals surface area contributed by atoms with Gasteiger partial charge in [0, 0.05) is 20.2 Å². The average molecular weight is 372 g/mol. The zero-order valence-corrected chi connectivity index (χ0v) is 15.1. The molecule has 0 spiro atoms. The van der Waals surface area contributed by atoms with Crippen LogP contribution in [0.15, 0.2) is 60.7 Å². The van der Waals surface area contributed by atoms with Gasteiger partial charge < -0.3 is 10.2 Å². The molecule has 0 saturated heterocycles. The van der Waals surface area contributed by atoms with E-state index in [4.69, 9.17) is 0 Å². The maximum absolute atomic E-state index is 9.81. The summed E-state index contributed by atoms with van der Waals surface area (Å²) in [4.78, 5) is 0. The number of rotatable bonds is 0. The Bertz CT molecular complexity index is 1390. The third-order valence-electron chi connectivity index (χ3n) is 5.01. The summed E-state index contributed by atoms with van der Waals surface area (Å²) < 4.78 is 5.14. The fourth-order valence-corrected chi connectivity index (χ4v) is 6.63. The van der Waals surface area contributed by atoms with Gasteiger partial charge in [-0.25, -0.2) is 0 Å². The Morgan fingerprint density at radius 3 is 1.46 bits per heavy atom. The van der Waals surface area contributed by atoms with Gasteiger partial charge in [-0.15, -0.1) is 22.7 Å². The molecule has 26 heavy (non-hydrogen) atoms. The Labute approximate surface area is 156 Å². The molecule has 0 fully saturated rings. The molecule has 0 unspecified atom stereocenters. The van der Waals surface area contributed by atoms with Crippen molar-refractivity contribution in [2.45, 2.75) is 0 Å². The molecule has 2 N–H and O–H groups in total. The predicted molar refractivity (Wildman–Crippen MR) is 113 cm³/mol. The summed E-state index contributed by atoms with van der Waals surface area (Å²) in [6.45, 7) is 0. The molecule has 0 saturated carbocycles. The predicted octanol–water partition coefficient (Wildman–Crippen LogP) is 6.99. The van der Waals surface area contributed by atoms with Crippen LogP contribution in [0, 0.1) is 0 Å². The number of hydrogen-bond acceptors (Lipinski definition) is 4. The minimum absolute atomic E-state index is 0.297. The maximum Gasteiger partial charge on any atom is 0.116 e. The van der Waals surface area contributed by atoms with Gasteiger partial charge in [0.15, 0.2) is 0 Å². The number of hydrogen-bond donors (Lipinski definition) is 2. The van der Waals surface area contributed by atoms with E-state index in [1.807, 2.05) is 46.9 Å². The third kappa shape index (κ3) is 1.80. The highest BCUT2D eigenvalue weighted by atomic mass is 32.1. The van der Waals surface area contributed by atoms with Crippen molar-refractivity contribution in [1.29, 1.82) is 0 Å². The Kier molecular flexibility index (Phi) is 2.69. The molecule has 124 valence electrons. The lowest BCUT2D eigenvalue weighted by molar-refractivity contribution is 0.475. The molecule has 0 aliphatic carbocycles. The Morgan fingerprint density at radius 1 is 0.538 bits per heavy atom. The van der Waals surface area contributed by atoms with Gasteiger partial charge in [-0.3, -0.25) is 0 Å². The highest BCUT2D eigenvalue weighted by Gasteiger charge is 2.16. The van der Waals surface area contributed by atoms with Crippen LogP contribution in [0.2, 0.25) is 0 Å². The van der Waals surface area contributed by atoms with Gasteiger partial charge in [-0.05, 0) is 57.9 Å². The normalized spacial score (nSPS) is 12.2. The van der Waals surface area contributed by atoms with Crippen molar-refractivity contribution in [3.63, 3.8) is 0 Å². The summed E-state index contributed by atoms with van der Waals surface area (Å²) >= 11 is 3.64. The summed E-state index contributed by atoms with van der Waals surface area (Å²) in [7, 11) is 0. The topological polar surface area (TPSA) is 40.5 Å². The van der Waals surface area contributed by atoms with Crippen LogP contribution in [0.4, 0.5) is 0 Å². The number of aromatic hydroxyl groups is 2. The Hall–Kier alpha value is -2.82. The van der Waals surface area contributed by atoms with E-state index in [1.54, 1.807) is 12.1 Å². The SMILES string of the molecule is Oc1ccc2c(ccc3sc4c(sc5ccc6cc(O)ccc6c54)c32)c1. The van der Waals surface area contributed by atoms with Gasteiger partial charge in [0.05, 0.1) is 9.40 Å². The first-order chi connectivity index (χ1) is 12.7. The number of phenolic OH excluding ortho intramolecular Hbond substituents is 2. The largest absolute Gasteiger partial charge is 0.508 e. The van der Waals surface area contributed by atoms with Crippen LogP contribution in [-0.4, -0.2) is 10.2 Å². The van der Waals surface area contributed by atoms with Crippen molar-refractivity contribution in [3.05, 3.63) is 60.7 Å². The van der Waals surface area contributed by atoms with Gasteiger partial charge in [0.2, 0.25) is 0 Å². The van der Waals surface area contributed by atoms with E-state index in [1.165, 1.54) is 40.3 Å². The fourth-order valence-electron chi connectivity index (χ4n) is 3.87. The van der Waals surface area contributed by atoms with E-state index < -0.39 is 0 Å². The zero-order chi connectivity index (χ0) is 17.4. The van der Waals surface area contributed by atoms with Crippen LogP contribution in [0.25, 0.3) is 51.1 Å². The molecule has 0 atom stereocenters. The van der Waals surface area contributed by atoms with Crippen molar-refractivity contribution in [2.24, 2.45) is 0 Å². The summed E-state index contributed by atoms with van der Waals surface area (Å²) in [6.07, 6.45) is 0. The molecule has 6 aromatic rings. The van der Waals surface area contributed by atoms with Crippen LogP contribution in [0.5, 0.6) is 11.5 Å². The Morgan fingerprint density at radius 2 is 1.00 bits per heavy atom. The number of fused-ring (bicyclic) bond motifs is 9. The van der Waals surface area contributed by atoms with Crippen molar-refractivity contribution in [1.82, 2.24) is 0 Å². The number of benzene rings is 4. The van der Waals surface area contributed by atoms with Crippen LogP contribution in [0.1, 0.15) is 0 Å². The first-order valence-corrected chi connectivity index (χ1v) is 9.94. The summed E-state index contributed by atoms with van der Waals surface area (Å²) in [6, 6.07) is 19.7. The van der Waals surface area contributed by atoms with E-state index >= 15 is 0 Å². The van der Waals surface area contributed by atoms with E-state index in [-0.39, 0.29) is 0 Å². The molecule has 0 amide bonds. The first kappa shape index (κ1) is 14.4. The second kappa shape index (κ2) is 4.87. The van der Waals surface area contributed by atoms with Crippen molar-refractivity contribution in [2.75, 3.05) is 0 Å². The molecule has 0 aliphatic rings. The third-order valence-corrected chi connectivity index (χ3v) is 7.49. The molecule has 6 rings (SSSR count). The molecular weight excluding hydrogens is 360 g/mol. The standard InChI is InChI=1S/C22H12O2S2/c23-13-3-5-15-11(9-13)1-7-17-19(15)21-22(25-17)20-16-6-4-14(24)10-12(16)2-8-18(20)26-21/h1-10,23-24H. The van der Waals surface area contributed by atoms with Crippen LogP contribution < -0.4 is 0 Å². The second-order valence-electron chi connectivity index (χ2n) is 6.55. The minimum atomic E-state index is 0.297. The van der Waals surface area contributed by atoms with Crippen LogP contribution in [0.3, 0.4) is 0 Å². The fraction of sp³-hybridized carbons (Fsp3) is 0. The van der Waals surface area contributed by atoms with Crippen molar-refractivity contribution in [3.8, 4) is 11.5 Å². The summed E-state index contributed by atoms with van der Waals surface area (Å²) in [5, 5.41) is 26.6. The van der Waals surface area contributed by atoms with Gasteiger partial charge >= 0.3 is 0 Å². The van der Waals surface area contributed by atoms with Crippen LogP contribution >= 0.6 is 22.7 Å². The first-order valence-electron chi connectivity index (χ1n) is 8.31. The van der Waals surface area contributed by atoms with Gasteiger partial charge in [0.1, 0.15) is 11.5 Å². The molecule has 0 aliphatic heterocycles. The van der Waals surface area contributed by atoms with Crippen molar-refractivity contribution >= 4 is 73.8 Å². The van der Waals surface area contributed by atoms with Crippen LogP contribution in [-0.2, 0) is 0 Å². The van der Waals surface area contributed by atoms with Gasteiger partial charge in [-0.1, -0.05) is 24.3 Å². The van der Waals surface area contributed by atoms with E-state index in [9.17, 15) is 10.2 Å². The monoisotopic (exact) mass is 372 g/mol. The lowest BCUT2D eigenvalue weighted by Gasteiger charge is -2.01. The molecule has 2 aromatic heterocycles. The molecule has 2 heterocycles. The molecular formula is C22H12O2S2. The lowest BCUT2D eigenvalue weighted by Crippen LogP contribution is -1.73. The van der Waals surface area contributed by atoms with E-state index in [2.05, 4.69) is 24.3 Å². The molecule has 0 radical (unpaired) electrons. The van der Waals surface area contributed by atoms with E-state index in [0.29, 0.717) is 11.5 Å². The molecule has 0 bridgehead atoms. The molecule has 4 aromatic carbocycles. The maximum atomic E-state index is 9.81. The number of phenols is 2. The zero-order valence-electron chi connectivity index (χ0n) is 13.5. The highest BCUT2D eigenvalue weighted by Crippen LogP contribution is 2.48. The van der Waals surface area contributed by atoms with E-state index in [0.717, 1.165) is 10.8 Å². The molecule has 2 nitrogen and oxygen atoms in total. The summed E-state index contributed by atoms with van der Waals surface area (Å²) in [5.74, 6) is 0.593. The smallest absolute Gasteiger partial charge is 0.116 e. The highest BCUT2D eigenvalue weighted by molar-refractivity contribution is 7.37. The molecule has 4 heteroatoms.